The number of aromatic nitrogens is 2. The fourth-order valence-electron chi connectivity index (χ4n) is 1.87. The van der Waals surface area contributed by atoms with Crippen molar-refractivity contribution in [3.05, 3.63) is 32.2 Å². The highest BCUT2D eigenvalue weighted by molar-refractivity contribution is 9.11. The second-order valence-electron chi connectivity index (χ2n) is 4.48. The third-order valence-electron chi connectivity index (χ3n) is 2.95. The Kier molecular flexibility index (Phi) is 6.14. The molecule has 1 unspecified atom stereocenters. The van der Waals surface area contributed by atoms with E-state index in [4.69, 9.17) is 0 Å². The lowest BCUT2D eigenvalue weighted by Crippen LogP contribution is -2.21. The van der Waals surface area contributed by atoms with Crippen LogP contribution in [0.1, 0.15) is 37.7 Å². The lowest BCUT2D eigenvalue weighted by atomic mass is 10.2. The van der Waals surface area contributed by atoms with Crippen molar-refractivity contribution in [2.24, 2.45) is 0 Å². The van der Waals surface area contributed by atoms with Gasteiger partial charge in [-0.05, 0) is 37.6 Å². The molecule has 0 bridgehead atoms. The Hall–Kier alpha value is -0.300. The minimum atomic E-state index is 0.298. The van der Waals surface area contributed by atoms with E-state index in [2.05, 4.69) is 67.3 Å². The largest absolute Gasteiger partial charge is 0.308 e. The smallest absolute Gasteiger partial charge is 0.149 e. The summed E-state index contributed by atoms with van der Waals surface area (Å²) in [5.74, 6) is 0. The molecule has 6 heteroatoms. The summed E-state index contributed by atoms with van der Waals surface area (Å²) in [5, 5.41) is 14.2. The highest BCUT2D eigenvalue weighted by atomic mass is 79.9. The Morgan fingerprint density at radius 2 is 2.05 bits per heavy atom. The average Bonchev–Trinajstić information content (AvgIpc) is 2.92. The third-order valence-corrected chi connectivity index (χ3v) is 5.20. The maximum atomic E-state index is 4.36. The number of rotatable bonds is 6. The average molecular weight is 419 g/mol. The zero-order valence-corrected chi connectivity index (χ0v) is 15.5. The molecule has 0 spiro atoms. The molecule has 2 rings (SSSR count). The molecule has 0 fully saturated rings. The molecule has 1 N–H and O–H groups in total. The van der Waals surface area contributed by atoms with Gasteiger partial charge in [-0.15, -0.1) is 10.2 Å². The van der Waals surface area contributed by atoms with Gasteiger partial charge in [-0.1, -0.05) is 57.0 Å². The van der Waals surface area contributed by atoms with Crippen LogP contribution in [0.25, 0.3) is 10.6 Å². The Morgan fingerprint density at radius 3 is 2.75 bits per heavy atom. The van der Waals surface area contributed by atoms with E-state index in [1.807, 2.05) is 12.1 Å². The van der Waals surface area contributed by atoms with E-state index in [0.29, 0.717) is 6.04 Å². The molecule has 0 amide bonds. The van der Waals surface area contributed by atoms with Gasteiger partial charge < -0.3 is 5.32 Å². The van der Waals surface area contributed by atoms with Gasteiger partial charge in [0, 0.05) is 14.5 Å². The normalized spacial score (nSPS) is 12.6. The van der Waals surface area contributed by atoms with Crippen LogP contribution in [-0.4, -0.2) is 16.7 Å². The fourth-order valence-corrected chi connectivity index (χ4v) is 3.83. The van der Waals surface area contributed by atoms with E-state index in [0.717, 1.165) is 43.9 Å². The van der Waals surface area contributed by atoms with Crippen LogP contribution in [0.3, 0.4) is 0 Å². The summed E-state index contributed by atoms with van der Waals surface area (Å²) in [4.78, 5) is 0. The molecule has 2 aromatic rings. The molecule has 0 radical (unpaired) electrons. The number of halogens is 2. The van der Waals surface area contributed by atoms with Crippen molar-refractivity contribution in [2.75, 3.05) is 6.54 Å². The first-order valence-corrected chi connectivity index (χ1v) is 9.08. The fraction of sp³-hybridized carbons (Fsp3) is 0.429. The topological polar surface area (TPSA) is 37.8 Å². The van der Waals surface area contributed by atoms with Gasteiger partial charge in [-0.3, -0.25) is 0 Å². The number of nitrogens with zero attached hydrogens (tertiary/aromatic N) is 2. The SMILES string of the molecule is CCCNC(CC)c1nnc(-c2cc(Br)ccc2Br)s1. The number of benzene rings is 1. The molecule has 0 aliphatic heterocycles. The van der Waals surface area contributed by atoms with E-state index in [1.54, 1.807) is 11.3 Å². The van der Waals surface area contributed by atoms with Gasteiger partial charge >= 0.3 is 0 Å². The maximum absolute atomic E-state index is 4.36. The molecule has 1 aromatic heterocycles. The second kappa shape index (κ2) is 7.64. The van der Waals surface area contributed by atoms with Gasteiger partial charge in [0.15, 0.2) is 0 Å². The summed E-state index contributed by atoms with van der Waals surface area (Å²) in [6.07, 6.45) is 2.15. The summed E-state index contributed by atoms with van der Waals surface area (Å²) in [7, 11) is 0. The van der Waals surface area contributed by atoms with Crippen LogP contribution >= 0.6 is 43.2 Å². The first-order valence-electron chi connectivity index (χ1n) is 6.67. The molecular formula is C14H17Br2N3S. The van der Waals surface area contributed by atoms with Crippen LogP contribution in [0.4, 0.5) is 0 Å². The predicted molar refractivity (Wildman–Crippen MR) is 92.1 cm³/mol. The van der Waals surface area contributed by atoms with Crippen molar-refractivity contribution in [1.29, 1.82) is 0 Å². The van der Waals surface area contributed by atoms with Gasteiger partial charge in [0.1, 0.15) is 10.0 Å². The van der Waals surface area contributed by atoms with Crippen LogP contribution in [0.15, 0.2) is 27.1 Å². The van der Waals surface area contributed by atoms with E-state index >= 15 is 0 Å². The summed E-state index contributed by atoms with van der Waals surface area (Å²) in [5.41, 5.74) is 1.08. The number of nitrogens with one attached hydrogen (secondary N) is 1. The van der Waals surface area contributed by atoms with Gasteiger partial charge in [-0.25, -0.2) is 0 Å². The molecule has 0 aliphatic carbocycles. The zero-order valence-electron chi connectivity index (χ0n) is 11.5. The van der Waals surface area contributed by atoms with Crippen molar-refractivity contribution >= 4 is 43.2 Å². The van der Waals surface area contributed by atoms with Crippen molar-refractivity contribution in [1.82, 2.24) is 15.5 Å². The molecule has 3 nitrogen and oxygen atoms in total. The first-order chi connectivity index (χ1) is 9.65. The predicted octanol–water partition coefficient (Wildman–Crippen LogP) is 5.18. The first kappa shape index (κ1) is 16.1. The Morgan fingerprint density at radius 1 is 1.25 bits per heavy atom. The summed E-state index contributed by atoms with van der Waals surface area (Å²) < 4.78 is 2.08. The highest BCUT2D eigenvalue weighted by Gasteiger charge is 2.16. The van der Waals surface area contributed by atoms with Gasteiger partial charge in [0.2, 0.25) is 0 Å². The van der Waals surface area contributed by atoms with Crippen molar-refractivity contribution in [3.63, 3.8) is 0 Å². The monoisotopic (exact) mass is 417 g/mol. The molecule has 0 saturated heterocycles. The van der Waals surface area contributed by atoms with Crippen LogP contribution in [0.2, 0.25) is 0 Å². The Labute approximate surface area is 140 Å². The summed E-state index contributed by atoms with van der Waals surface area (Å²) in [6.45, 7) is 5.35. The number of hydrogen-bond acceptors (Lipinski definition) is 4. The second-order valence-corrected chi connectivity index (χ2v) is 7.26. The van der Waals surface area contributed by atoms with Crippen LogP contribution in [0, 0.1) is 0 Å². The van der Waals surface area contributed by atoms with E-state index in [-0.39, 0.29) is 0 Å². The molecule has 0 saturated carbocycles. The van der Waals surface area contributed by atoms with E-state index in [1.165, 1.54) is 0 Å². The van der Waals surface area contributed by atoms with Crippen LogP contribution in [0.5, 0.6) is 0 Å². The Bertz CT molecular complexity index is 571. The summed E-state index contributed by atoms with van der Waals surface area (Å²) in [6, 6.07) is 6.39. The third kappa shape index (κ3) is 3.87. The van der Waals surface area contributed by atoms with Crippen LogP contribution in [-0.2, 0) is 0 Å². The lowest BCUT2D eigenvalue weighted by molar-refractivity contribution is 0.513. The van der Waals surface area contributed by atoms with Crippen LogP contribution < -0.4 is 5.32 Å². The van der Waals surface area contributed by atoms with Gasteiger partial charge in [-0.2, -0.15) is 0 Å². The highest BCUT2D eigenvalue weighted by Crippen LogP contribution is 2.34. The number of hydrogen-bond donors (Lipinski definition) is 1. The van der Waals surface area contributed by atoms with E-state index < -0.39 is 0 Å². The van der Waals surface area contributed by atoms with Gasteiger partial charge in [0.05, 0.1) is 6.04 Å². The van der Waals surface area contributed by atoms with Crippen molar-refractivity contribution < 1.29 is 0 Å². The minimum Gasteiger partial charge on any atom is -0.308 e. The molecule has 0 aliphatic rings. The molecule has 1 heterocycles. The quantitative estimate of drug-likeness (QED) is 0.701. The molecular weight excluding hydrogens is 402 g/mol. The molecule has 108 valence electrons. The van der Waals surface area contributed by atoms with E-state index in [9.17, 15) is 0 Å². The minimum absolute atomic E-state index is 0.298. The van der Waals surface area contributed by atoms with Crippen molar-refractivity contribution in [3.8, 4) is 10.6 Å². The Balaban J connectivity index is 2.25. The lowest BCUT2D eigenvalue weighted by Gasteiger charge is -2.12. The molecule has 20 heavy (non-hydrogen) atoms. The van der Waals surface area contributed by atoms with Gasteiger partial charge in [0.25, 0.3) is 0 Å². The standard InChI is InChI=1S/C14H17Br2N3S/c1-3-7-17-12(4-2)14-19-18-13(20-14)10-8-9(15)5-6-11(10)16/h5-6,8,12,17H,3-4,7H2,1-2H3. The van der Waals surface area contributed by atoms with Crippen molar-refractivity contribution in [2.45, 2.75) is 32.7 Å². The summed E-state index contributed by atoms with van der Waals surface area (Å²) >= 11 is 8.73. The molecule has 1 aromatic carbocycles. The maximum Gasteiger partial charge on any atom is 0.149 e. The zero-order chi connectivity index (χ0) is 14.5. The molecule has 1 atom stereocenters.